The van der Waals surface area contributed by atoms with Gasteiger partial charge in [-0.1, -0.05) is 18.2 Å². The molecule has 1 amide bonds. The molecule has 0 spiro atoms. The molecule has 0 radical (unpaired) electrons. The summed E-state index contributed by atoms with van der Waals surface area (Å²) in [5.41, 5.74) is 2.34. The Morgan fingerprint density at radius 3 is 2.57 bits per heavy atom. The predicted octanol–water partition coefficient (Wildman–Crippen LogP) is 1.78. The molecule has 1 aliphatic heterocycles. The van der Waals surface area contributed by atoms with Gasteiger partial charge in [-0.15, -0.1) is 0 Å². The summed E-state index contributed by atoms with van der Waals surface area (Å²) in [6.07, 6.45) is 1.01. The molecule has 0 aliphatic carbocycles. The first-order valence-corrected chi connectivity index (χ1v) is 7.24. The van der Waals surface area contributed by atoms with Crippen LogP contribution in [0.3, 0.4) is 0 Å². The second kappa shape index (κ2) is 5.69. The largest absolute Gasteiger partial charge is 0.393 e. The quantitative estimate of drug-likeness (QED) is 0.915. The second-order valence-corrected chi connectivity index (χ2v) is 5.44. The highest BCUT2D eigenvalue weighted by atomic mass is 16.3. The van der Waals surface area contributed by atoms with Gasteiger partial charge in [0.1, 0.15) is 0 Å². The van der Waals surface area contributed by atoms with Gasteiger partial charge < -0.3 is 10.0 Å². The zero-order valence-electron chi connectivity index (χ0n) is 12.1. The molecule has 0 saturated carbocycles. The number of carbonyl (C=O) groups is 1. The Labute approximate surface area is 123 Å². The highest BCUT2D eigenvalue weighted by Gasteiger charge is 2.24. The van der Waals surface area contributed by atoms with Crippen LogP contribution in [0.5, 0.6) is 0 Å². The lowest BCUT2D eigenvalue weighted by molar-refractivity contribution is 0.0541. The SMILES string of the molecule is Cc1cc(C(=O)N2CCC(O)CC2)nn1-c1ccccc1. The van der Waals surface area contributed by atoms with Gasteiger partial charge in [-0.2, -0.15) is 5.10 Å². The molecule has 0 bridgehead atoms. The molecule has 1 N–H and O–H groups in total. The molecule has 0 unspecified atom stereocenters. The molecule has 2 aromatic rings. The van der Waals surface area contributed by atoms with E-state index in [0.717, 1.165) is 11.4 Å². The van der Waals surface area contributed by atoms with Crippen LogP contribution < -0.4 is 0 Å². The average Bonchev–Trinajstić information content (AvgIpc) is 2.90. The fourth-order valence-electron chi connectivity index (χ4n) is 2.64. The van der Waals surface area contributed by atoms with Gasteiger partial charge in [0.05, 0.1) is 11.8 Å². The number of aliphatic hydroxyl groups excluding tert-OH is 1. The highest BCUT2D eigenvalue weighted by molar-refractivity contribution is 5.92. The summed E-state index contributed by atoms with van der Waals surface area (Å²) in [4.78, 5) is 14.2. The van der Waals surface area contributed by atoms with Crippen molar-refractivity contribution in [2.24, 2.45) is 0 Å². The number of hydrogen-bond donors (Lipinski definition) is 1. The summed E-state index contributed by atoms with van der Waals surface area (Å²) in [5.74, 6) is -0.0559. The number of para-hydroxylation sites is 1. The number of amides is 1. The summed E-state index contributed by atoms with van der Waals surface area (Å²) >= 11 is 0. The Kier molecular flexibility index (Phi) is 3.75. The van der Waals surface area contributed by atoms with Crippen LogP contribution in [-0.2, 0) is 0 Å². The smallest absolute Gasteiger partial charge is 0.274 e. The number of benzene rings is 1. The fourth-order valence-corrected chi connectivity index (χ4v) is 2.64. The van der Waals surface area contributed by atoms with E-state index in [4.69, 9.17) is 0 Å². The van der Waals surface area contributed by atoms with E-state index in [1.165, 1.54) is 0 Å². The van der Waals surface area contributed by atoms with E-state index < -0.39 is 0 Å². The van der Waals surface area contributed by atoms with Crippen molar-refractivity contribution >= 4 is 5.91 Å². The van der Waals surface area contributed by atoms with Gasteiger partial charge in [0.25, 0.3) is 5.91 Å². The van der Waals surface area contributed by atoms with Crippen LogP contribution in [-0.4, -0.2) is 44.9 Å². The first-order valence-electron chi connectivity index (χ1n) is 7.24. The summed E-state index contributed by atoms with van der Waals surface area (Å²) in [6.45, 7) is 3.13. The van der Waals surface area contributed by atoms with E-state index in [0.29, 0.717) is 31.6 Å². The molecule has 1 aromatic heterocycles. The maximum Gasteiger partial charge on any atom is 0.274 e. The zero-order chi connectivity index (χ0) is 14.8. The third kappa shape index (κ3) is 2.83. The van der Waals surface area contributed by atoms with Gasteiger partial charge in [-0.05, 0) is 38.0 Å². The monoisotopic (exact) mass is 285 g/mol. The number of carbonyl (C=O) groups excluding carboxylic acids is 1. The molecule has 1 fully saturated rings. The zero-order valence-corrected chi connectivity index (χ0v) is 12.1. The van der Waals surface area contributed by atoms with Crippen LogP contribution in [0.1, 0.15) is 29.0 Å². The third-order valence-electron chi connectivity index (χ3n) is 3.86. The molecule has 5 nitrogen and oxygen atoms in total. The number of aryl methyl sites for hydroxylation is 1. The molecule has 21 heavy (non-hydrogen) atoms. The Morgan fingerprint density at radius 1 is 1.24 bits per heavy atom. The number of nitrogens with zero attached hydrogens (tertiary/aromatic N) is 3. The minimum Gasteiger partial charge on any atom is -0.393 e. The average molecular weight is 285 g/mol. The van der Waals surface area contributed by atoms with E-state index in [2.05, 4.69) is 5.10 Å². The second-order valence-electron chi connectivity index (χ2n) is 5.44. The fraction of sp³-hybridized carbons (Fsp3) is 0.375. The van der Waals surface area contributed by atoms with Crippen molar-refractivity contribution in [3.8, 4) is 5.69 Å². The number of piperidine rings is 1. The van der Waals surface area contributed by atoms with Crippen LogP contribution in [0.2, 0.25) is 0 Å². The lowest BCUT2D eigenvalue weighted by Gasteiger charge is -2.28. The summed E-state index contributed by atoms with van der Waals surface area (Å²) in [5, 5.41) is 14.0. The van der Waals surface area contributed by atoms with Crippen molar-refractivity contribution in [3.05, 3.63) is 47.8 Å². The van der Waals surface area contributed by atoms with E-state index in [1.807, 2.05) is 43.3 Å². The van der Waals surface area contributed by atoms with Gasteiger partial charge >= 0.3 is 0 Å². The number of hydrogen-bond acceptors (Lipinski definition) is 3. The highest BCUT2D eigenvalue weighted by Crippen LogP contribution is 2.16. The molecule has 3 rings (SSSR count). The topological polar surface area (TPSA) is 58.4 Å². The van der Waals surface area contributed by atoms with Gasteiger partial charge in [0.2, 0.25) is 0 Å². The van der Waals surface area contributed by atoms with Crippen molar-refractivity contribution < 1.29 is 9.90 Å². The minimum atomic E-state index is -0.280. The number of aromatic nitrogens is 2. The van der Waals surface area contributed by atoms with Gasteiger partial charge in [-0.25, -0.2) is 4.68 Å². The first kappa shape index (κ1) is 13.8. The van der Waals surface area contributed by atoms with Gasteiger partial charge in [0, 0.05) is 18.8 Å². The molecule has 0 atom stereocenters. The van der Waals surface area contributed by atoms with Crippen molar-refractivity contribution in [2.75, 3.05) is 13.1 Å². The molecular formula is C16H19N3O2. The Bertz CT molecular complexity index is 628. The Morgan fingerprint density at radius 2 is 1.90 bits per heavy atom. The minimum absolute atomic E-state index is 0.0559. The van der Waals surface area contributed by atoms with Crippen LogP contribution in [0.4, 0.5) is 0 Å². The molecule has 110 valence electrons. The number of likely N-dealkylation sites (tertiary alicyclic amines) is 1. The normalized spacial score (nSPS) is 16.2. The van der Waals surface area contributed by atoms with Crippen molar-refractivity contribution in [1.82, 2.24) is 14.7 Å². The summed E-state index contributed by atoms with van der Waals surface area (Å²) in [6, 6.07) is 11.6. The summed E-state index contributed by atoms with van der Waals surface area (Å²) < 4.78 is 1.78. The van der Waals surface area contributed by atoms with E-state index in [1.54, 1.807) is 9.58 Å². The number of rotatable bonds is 2. The van der Waals surface area contributed by atoms with Gasteiger partial charge in [-0.3, -0.25) is 4.79 Å². The molecular weight excluding hydrogens is 266 g/mol. The molecule has 2 heterocycles. The van der Waals surface area contributed by atoms with Crippen LogP contribution >= 0.6 is 0 Å². The van der Waals surface area contributed by atoms with Crippen LogP contribution in [0, 0.1) is 6.92 Å². The maximum atomic E-state index is 12.5. The molecule has 1 aliphatic rings. The van der Waals surface area contributed by atoms with Gasteiger partial charge in [0.15, 0.2) is 5.69 Å². The molecule has 1 saturated heterocycles. The van der Waals surface area contributed by atoms with Crippen molar-refractivity contribution in [3.63, 3.8) is 0 Å². The standard InChI is InChI=1S/C16H19N3O2/c1-12-11-15(16(21)18-9-7-14(20)8-10-18)17-19(12)13-5-3-2-4-6-13/h2-6,11,14,20H,7-10H2,1H3. The number of aliphatic hydroxyl groups is 1. The Hall–Kier alpha value is -2.14. The predicted molar refractivity (Wildman–Crippen MR) is 79.4 cm³/mol. The molecule has 1 aromatic carbocycles. The van der Waals surface area contributed by atoms with Crippen LogP contribution in [0.25, 0.3) is 5.69 Å². The lowest BCUT2D eigenvalue weighted by atomic mass is 10.1. The lowest BCUT2D eigenvalue weighted by Crippen LogP contribution is -2.40. The summed E-state index contributed by atoms with van der Waals surface area (Å²) in [7, 11) is 0. The van der Waals surface area contributed by atoms with E-state index in [9.17, 15) is 9.90 Å². The van der Waals surface area contributed by atoms with Crippen molar-refractivity contribution in [2.45, 2.75) is 25.9 Å². The Balaban J connectivity index is 1.82. The first-order chi connectivity index (χ1) is 10.1. The van der Waals surface area contributed by atoms with E-state index in [-0.39, 0.29) is 12.0 Å². The third-order valence-corrected chi connectivity index (χ3v) is 3.86. The maximum absolute atomic E-state index is 12.5. The van der Waals surface area contributed by atoms with Crippen molar-refractivity contribution in [1.29, 1.82) is 0 Å². The molecule has 5 heteroatoms. The van der Waals surface area contributed by atoms with Crippen LogP contribution in [0.15, 0.2) is 36.4 Å². The van der Waals surface area contributed by atoms with E-state index >= 15 is 0 Å².